The zero-order chi connectivity index (χ0) is 16.1. The molecule has 0 radical (unpaired) electrons. The molecule has 1 aromatic carbocycles. The summed E-state index contributed by atoms with van der Waals surface area (Å²) in [6.45, 7) is 0.915. The molecular formula is C20H19ClN2S. The Morgan fingerprint density at radius 2 is 1.92 bits per heavy atom. The second kappa shape index (κ2) is 5.76. The summed E-state index contributed by atoms with van der Waals surface area (Å²) in [6, 6.07) is 12.7. The van der Waals surface area contributed by atoms with Crippen molar-refractivity contribution in [2.45, 2.75) is 38.3 Å². The number of rotatable bonds is 1. The van der Waals surface area contributed by atoms with Crippen LogP contribution in [-0.4, -0.2) is 4.57 Å². The van der Waals surface area contributed by atoms with Crippen molar-refractivity contribution < 1.29 is 0 Å². The normalized spacial score (nSPS) is 19.3. The predicted octanol–water partition coefficient (Wildman–Crippen LogP) is 5.26. The van der Waals surface area contributed by atoms with Crippen LogP contribution in [-0.2, 0) is 19.4 Å². The van der Waals surface area contributed by atoms with Gasteiger partial charge in [0.05, 0.1) is 6.04 Å². The second-order valence-electron chi connectivity index (χ2n) is 6.63. The summed E-state index contributed by atoms with van der Waals surface area (Å²) >= 11 is 8.49. The molecule has 2 aromatic heterocycles. The molecular weight excluding hydrogens is 336 g/mol. The molecule has 1 aliphatic carbocycles. The minimum atomic E-state index is 0.132. The van der Waals surface area contributed by atoms with E-state index in [0.717, 1.165) is 17.1 Å². The van der Waals surface area contributed by atoms with Crippen molar-refractivity contribution in [3.63, 3.8) is 0 Å². The highest BCUT2D eigenvalue weighted by molar-refractivity contribution is 7.15. The van der Waals surface area contributed by atoms with Crippen molar-refractivity contribution in [2.75, 3.05) is 0 Å². The highest BCUT2D eigenvalue weighted by Crippen LogP contribution is 2.41. The van der Waals surface area contributed by atoms with Crippen molar-refractivity contribution in [3.05, 3.63) is 74.9 Å². The predicted molar refractivity (Wildman–Crippen MR) is 100 cm³/mol. The highest BCUT2D eigenvalue weighted by Gasteiger charge is 2.29. The van der Waals surface area contributed by atoms with Gasteiger partial charge in [0.2, 0.25) is 0 Å². The number of benzene rings is 1. The van der Waals surface area contributed by atoms with Crippen LogP contribution in [0.1, 0.15) is 46.1 Å². The minimum Gasteiger partial charge on any atom is -0.310 e. The number of halogens is 1. The van der Waals surface area contributed by atoms with Gasteiger partial charge in [0.1, 0.15) is 5.00 Å². The van der Waals surface area contributed by atoms with Gasteiger partial charge in [0.25, 0.3) is 0 Å². The van der Waals surface area contributed by atoms with E-state index < -0.39 is 0 Å². The van der Waals surface area contributed by atoms with Crippen molar-refractivity contribution in [1.29, 1.82) is 0 Å². The molecule has 122 valence electrons. The number of hydrogen-bond donors (Lipinski definition) is 1. The van der Waals surface area contributed by atoms with Crippen molar-refractivity contribution >= 4 is 22.9 Å². The molecule has 0 bridgehead atoms. The van der Waals surface area contributed by atoms with Crippen LogP contribution in [0.5, 0.6) is 0 Å². The number of nitrogens with zero attached hydrogens (tertiary/aromatic N) is 1. The van der Waals surface area contributed by atoms with Gasteiger partial charge in [-0.2, -0.15) is 0 Å². The lowest BCUT2D eigenvalue weighted by Gasteiger charge is -2.20. The Bertz CT molecular complexity index is 908. The van der Waals surface area contributed by atoms with Gasteiger partial charge in [-0.15, -0.1) is 11.3 Å². The number of fused-ring (bicyclic) bond motifs is 5. The van der Waals surface area contributed by atoms with Gasteiger partial charge in [0.15, 0.2) is 0 Å². The van der Waals surface area contributed by atoms with E-state index in [1.165, 1.54) is 41.9 Å². The first-order valence-electron chi connectivity index (χ1n) is 8.62. The molecule has 0 spiro atoms. The van der Waals surface area contributed by atoms with Gasteiger partial charge in [-0.25, -0.2) is 0 Å². The molecule has 4 heteroatoms. The Labute approximate surface area is 151 Å². The van der Waals surface area contributed by atoms with Crippen LogP contribution in [0.4, 0.5) is 0 Å². The Morgan fingerprint density at radius 3 is 2.83 bits per heavy atom. The zero-order valence-electron chi connectivity index (χ0n) is 13.4. The molecule has 1 atom stereocenters. The average molecular weight is 355 g/mol. The maximum Gasteiger partial charge on any atom is 0.104 e. The molecule has 0 amide bonds. The van der Waals surface area contributed by atoms with Gasteiger partial charge < -0.3 is 9.88 Å². The van der Waals surface area contributed by atoms with Crippen LogP contribution in [0.25, 0.3) is 5.00 Å². The van der Waals surface area contributed by atoms with Gasteiger partial charge >= 0.3 is 0 Å². The Hall–Kier alpha value is -1.55. The average Bonchev–Trinajstić information content (AvgIpc) is 3.18. The molecule has 24 heavy (non-hydrogen) atoms. The van der Waals surface area contributed by atoms with Crippen LogP contribution in [0, 0.1) is 0 Å². The fourth-order valence-electron chi connectivity index (χ4n) is 4.10. The van der Waals surface area contributed by atoms with E-state index in [2.05, 4.69) is 40.3 Å². The molecule has 2 aliphatic rings. The van der Waals surface area contributed by atoms with Crippen LogP contribution >= 0.6 is 22.9 Å². The third-order valence-corrected chi connectivity index (χ3v) is 6.93. The minimum absolute atomic E-state index is 0.132. The lowest BCUT2D eigenvalue weighted by Crippen LogP contribution is -2.22. The molecule has 1 aliphatic heterocycles. The Balaban J connectivity index is 1.67. The lowest BCUT2D eigenvalue weighted by atomic mass is 9.95. The van der Waals surface area contributed by atoms with E-state index in [9.17, 15) is 0 Å². The van der Waals surface area contributed by atoms with Crippen LogP contribution < -0.4 is 5.32 Å². The SMILES string of the molecule is Clc1ccccc1C1NCc2c(sc3c2CCCC3)-n2cccc21. The molecule has 1 N–H and O–H groups in total. The fraction of sp³-hybridized carbons (Fsp3) is 0.300. The first-order valence-corrected chi connectivity index (χ1v) is 9.81. The molecule has 0 saturated heterocycles. The third-order valence-electron chi connectivity index (χ3n) is 5.25. The lowest BCUT2D eigenvalue weighted by molar-refractivity contribution is 0.595. The number of nitrogens with one attached hydrogen (secondary N) is 1. The molecule has 2 nitrogen and oxygen atoms in total. The van der Waals surface area contributed by atoms with E-state index in [1.54, 1.807) is 10.4 Å². The number of aryl methyl sites for hydroxylation is 1. The Kier molecular flexibility index (Phi) is 3.55. The highest BCUT2D eigenvalue weighted by atomic mass is 35.5. The fourth-order valence-corrected chi connectivity index (χ4v) is 5.75. The van der Waals surface area contributed by atoms with E-state index in [1.807, 2.05) is 23.5 Å². The molecule has 3 heterocycles. The maximum absolute atomic E-state index is 6.50. The summed E-state index contributed by atoms with van der Waals surface area (Å²) in [5.41, 5.74) is 5.54. The molecule has 1 unspecified atom stereocenters. The number of thiophene rings is 1. The first-order chi connectivity index (χ1) is 11.8. The maximum atomic E-state index is 6.50. The quantitative estimate of drug-likeness (QED) is 0.630. The van der Waals surface area contributed by atoms with Crippen molar-refractivity contribution in [1.82, 2.24) is 9.88 Å². The van der Waals surface area contributed by atoms with Crippen molar-refractivity contribution in [3.8, 4) is 5.00 Å². The second-order valence-corrected chi connectivity index (χ2v) is 8.12. The van der Waals surface area contributed by atoms with Gasteiger partial charge in [-0.3, -0.25) is 0 Å². The summed E-state index contributed by atoms with van der Waals surface area (Å²) in [6.07, 6.45) is 7.34. The summed E-state index contributed by atoms with van der Waals surface area (Å²) in [5.74, 6) is 0. The first kappa shape index (κ1) is 14.8. The summed E-state index contributed by atoms with van der Waals surface area (Å²) in [7, 11) is 0. The van der Waals surface area contributed by atoms with Gasteiger partial charge in [-0.1, -0.05) is 29.8 Å². The largest absolute Gasteiger partial charge is 0.310 e. The van der Waals surface area contributed by atoms with Gasteiger partial charge in [0, 0.05) is 33.9 Å². The Morgan fingerprint density at radius 1 is 1.04 bits per heavy atom. The third kappa shape index (κ3) is 2.19. The van der Waals surface area contributed by atoms with E-state index in [0.29, 0.717) is 0 Å². The molecule has 0 fully saturated rings. The number of aromatic nitrogens is 1. The molecule has 5 rings (SSSR count). The van der Waals surface area contributed by atoms with E-state index >= 15 is 0 Å². The standard InChI is InChI=1S/C20H19ClN2S/c21-16-8-3-1-7-14(16)19-17-9-5-11-23(17)20-15(12-22-19)13-6-2-4-10-18(13)24-20/h1,3,5,7-9,11,19,22H,2,4,6,10,12H2. The van der Waals surface area contributed by atoms with Crippen molar-refractivity contribution in [2.24, 2.45) is 0 Å². The van der Waals surface area contributed by atoms with E-state index in [-0.39, 0.29) is 6.04 Å². The summed E-state index contributed by atoms with van der Waals surface area (Å²) < 4.78 is 2.38. The van der Waals surface area contributed by atoms with E-state index in [4.69, 9.17) is 11.6 Å². The van der Waals surface area contributed by atoms with Crippen LogP contribution in [0.15, 0.2) is 42.6 Å². The summed E-state index contributed by atoms with van der Waals surface area (Å²) in [4.78, 5) is 1.60. The van der Waals surface area contributed by atoms with Crippen LogP contribution in [0.2, 0.25) is 5.02 Å². The summed E-state index contributed by atoms with van der Waals surface area (Å²) in [5, 5.41) is 6.01. The van der Waals surface area contributed by atoms with Gasteiger partial charge in [-0.05, 0) is 55.0 Å². The molecule has 0 saturated carbocycles. The number of hydrogen-bond acceptors (Lipinski definition) is 2. The monoisotopic (exact) mass is 354 g/mol. The topological polar surface area (TPSA) is 17.0 Å². The molecule has 3 aromatic rings. The zero-order valence-corrected chi connectivity index (χ0v) is 15.0. The van der Waals surface area contributed by atoms with Crippen LogP contribution in [0.3, 0.4) is 0 Å². The smallest absolute Gasteiger partial charge is 0.104 e.